The van der Waals surface area contributed by atoms with E-state index in [4.69, 9.17) is 17.3 Å². The Hall–Kier alpha value is -0.500. The summed E-state index contributed by atoms with van der Waals surface area (Å²) in [5.74, 6) is 0.673. The Morgan fingerprint density at radius 2 is 2.21 bits per heavy atom. The molecule has 19 heavy (non-hydrogen) atoms. The minimum absolute atomic E-state index is 0.116. The van der Waals surface area contributed by atoms with Crippen molar-refractivity contribution in [2.75, 3.05) is 24.3 Å². The molecule has 0 aliphatic carbocycles. The van der Waals surface area contributed by atoms with Gasteiger partial charge in [-0.25, -0.2) is 12.8 Å². The predicted molar refractivity (Wildman–Crippen MR) is 76.5 cm³/mol. The molecule has 0 spiro atoms. The summed E-state index contributed by atoms with van der Waals surface area (Å²) in [7, 11) is -2.46. The van der Waals surface area contributed by atoms with E-state index in [0.29, 0.717) is 5.75 Å². The Bertz CT molecular complexity index is 589. The maximum absolute atomic E-state index is 13.9. The Balaban J connectivity index is 2.44. The molecule has 2 rings (SSSR count). The van der Waals surface area contributed by atoms with Gasteiger partial charge in [0.25, 0.3) is 0 Å². The number of nitrogen functional groups attached to an aromatic ring is 1. The van der Waals surface area contributed by atoms with E-state index in [2.05, 4.69) is 0 Å². The summed E-state index contributed by atoms with van der Waals surface area (Å²) < 4.78 is 39.9. The molecule has 1 unspecified atom stereocenters. The number of halogens is 2. The summed E-state index contributed by atoms with van der Waals surface area (Å²) in [5, 5.41) is -0.284. The van der Waals surface area contributed by atoms with Crippen LogP contribution in [0.15, 0.2) is 17.0 Å². The third-order valence-electron chi connectivity index (χ3n) is 3.09. The number of hydrogen-bond acceptors (Lipinski definition) is 4. The van der Waals surface area contributed by atoms with Crippen LogP contribution in [0.2, 0.25) is 5.02 Å². The molecule has 8 heteroatoms. The molecule has 1 atom stereocenters. The summed E-state index contributed by atoms with van der Waals surface area (Å²) >= 11 is 7.33. The topological polar surface area (TPSA) is 63.4 Å². The number of benzene rings is 1. The highest BCUT2D eigenvalue weighted by Crippen LogP contribution is 2.31. The van der Waals surface area contributed by atoms with Crippen LogP contribution >= 0.6 is 23.4 Å². The molecule has 0 radical (unpaired) electrons. The zero-order valence-corrected chi connectivity index (χ0v) is 12.7. The van der Waals surface area contributed by atoms with Gasteiger partial charge < -0.3 is 5.73 Å². The van der Waals surface area contributed by atoms with Gasteiger partial charge in [-0.1, -0.05) is 11.6 Å². The molecular weight excluding hydrogens is 311 g/mol. The number of hydrogen-bond donors (Lipinski definition) is 1. The van der Waals surface area contributed by atoms with Crippen molar-refractivity contribution in [2.24, 2.45) is 0 Å². The van der Waals surface area contributed by atoms with Crippen molar-refractivity contribution in [2.45, 2.75) is 17.4 Å². The van der Waals surface area contributed by atoms with Crippen molar-refractivity contribution in [1.29, 1.82) is 0 Å². The number of nitrogens with zero attached hydrogens (tertiary/aromatic N) is 1. The van der Waals surface area contributed by atoms with Crippen LogP contribution in [0, 0.1) is 5.82 Å². The zero-order valence-electron chi connectivity index (χ0n) is 10.3. The van der Waals surface area contributed by atoms with Crippen LogP contribution in [0.4, 0.5) is 10.1 Å². The monoisotopic (exact) mass is 324 g/mol. The summed E-state index contributed by atoms with van der Waals surface area (Å²) in [6.07, 6.45) is 0.762. The molecule has 1 aliphatic rings. The van der Waals surface area contributed by atoms with Crippen molar-refractivity contribution in [3.63, 3.8) is 0 Å². The van der Waals surface area contributed by atoms with Gasteiger partial charge in [-0.15, -0.1) is 0 Å². The fraction of sp³-hybridized carbons (Fsp3) is 0.455. The molecule has 2 N–H and O–H groups in total. The highest BCUT2D eigenvalue weighted by Gasteiger charge is 2.33. The largest absolute Gasteiger partial charge is 0.399 e. The lowest BCUT2D eigenvalue weighted by atomic mass is 10.3. The predicted octanol–water partition coefficient (Wildman–Crippen LogP) is 2.19. The number of nitrogens with two attached hydrogens (primary N) is 1. The maximum atomic E-state index is 13.9. The SMILES string of the molecule is CN(C1CCSC1)S(=O)(=O)c1cc(N)cc(Cl)c1F. The van der Waals surface area contributed by atoms with E-state index in [9.17, 15) is 12.8 Å². The molecule has 1 saturated heterocycles. The Morgan fingerprint density at radius 3 is 2.79 bits per heavy atom. The van der Waals surface area contributed by atoms with Gasteiger partial charge in [-0.3, -0.25) is 0 Å². The van der Waals surface area contributed by atoms with E-state index in [0.717, 1.165) is 18.2 Å². The van der Waals surface area contributed by atoms with Crippen molar-refractivity contribution in [3.05, 3.63) is 23.0 Å². The third-order valence-corrected chi connectivity index (χ3v) is 6.42. The van der Waals surface area contributed by atoms with Crippen molar-refractivity contribution in [1.82, 2.24) is 4.31 Å². The minimum atomic E-state index is -3.92. The maximum Gasteiger partial charge on any atom is 0.246 e. The second-order valence-electron chi connectivity index (χ2n) is 4.35. The fourth-order valence-electron chi connectivity index (χ4n) is 1.93. The van der Waals surface area contributed by atoms with E-state index >= 15 is 0 Å². The molecule has 1 aromatic carbocycles. The van der Waals surface area contributed by atoms with Gasteiger partial charge in [0, 0.05) is 24.5 Å². The Kier molecular flexibility index (Phi) is 4.29. The first-order chi connectivity index (χ1) is 8.84. The Labute approximate surface area is 121 Å². The first-order valence-corrected chi connectivity index (χ1v) is 8.61. The lowest BCUT2D eigenvalue weighted by Crippen LogP contribution is -2.37. The number of sulfonamides is 1. The van der Waals surface area contributed by atoms with Crippen LogP contribution < -0.4 is 5.73 Å². The van der Waals surface area contributed by atoms with Crippen molar-refractivity contribution >= 4 is 39.1 Å². The molecule has 106 valence electrons. The van der Waals surface area contributed by atoms with Gasteiger partial charge in [-0.05, 0) is 24.3 Å². The first-order valence-electron chi connectivity index (χ1n) is 5.64. The molecule has 0 aromatic heterocycles. The van der Waals surface area contributed by atoms with E-state index in [1.54, 1.807) is 11.8 Å². The molecule has 0 bridgehead atoms. The summed E-state index contributed by atoms with van der Waals surface area (Å²) in [5.41, 5.74) is 5.66. The second-order valence-corrected chi connectivity index (χ2v) is 7.88. The van der Waals surface area contributed by atoms with Crippen molar-refractivity contribution in [3.8, 4) is 0 Å². The van der Waals surface area contributed by atoms with Gasteiger partial charge >= 0.3 is 0 Å². The number of thioether (sulfide) groups is 1. The second kappa shape index (κ2) is 5.47. The van der Waals surface area contributed by atoms with Crippen LogP contribution in [-0.2, 0) is 10.0 Å². The highest BCUT2D eigenvalue weighted by molar-refractivity contribution is 7.99. The fourth-order valence-corrected chi connectivity index (χ4v) is 5.08. The summed E-state index contributed by atoms with van der Waals surface area (Å²) in [6, 6.07) is 2.19. The van der Waals surface area contributed by atoms with Gasteiger partial charge in [0.05, 0.1) is 5.02 Å². The van der Waals surface area contributed by atoms with Gasteiger partial charge in [-0.2, -0.15) is 16.1 Å². The van der Waals surface area contributed by atoms with Crippen LogP contribution in [0.25, 0.3) is 0 Å². The molecule has 0 saturated carbocycles. The molecular formula is C11H14ClFN2O2S2. The molecule has 1 fully saturated rings. The van der Waals surface area contributed by atoms with E-state index in [1.807, 2.05) is 0 Å². The van der Waals surface area contributed by atoms with Crippen molar-refractivity contribution < 1.29 is 12.8 Å². The molecule has 0 amide bonds. The molecule has 1 heterocycles. The quantitative estimate of drug-likeness (QED) is 0.866. The standard InChI is InChI=1S/C11H14ClFN2O2S2/c1-15(8-2-3-18-6-8)19(16,17)10-5-7(14)4-9(12)11(10)13/h4-5,8H,2-3,6,14H2,1H3. The lowest BCUT2D eigenvalue weighted by Gasteiger charge is -2.23. The average Bonchev–Trinajstić information content (AvgIpc) is 2.86. The summed E-state index contributed by atoms with van der Waals surface area (Å²) in [4.78, 5) is -0.461. The normalized spacial score (nSPS) is 20.1. The van der Waals surface area contributed by atoms with E-state index < -0.39 is 20.7 Å². The minimum Gasteiger partial charge on any atom is -0.399 e. The van der Waals surface area contributed by atoms with Gasteiger partial charge in [0.1, 0.15) is 4.90 Å². The smallest absolute Gasteiger partial charge is 0.246 e. The van der Waals surface area contributed by atoms with E-state index in [-0.39, 0.29) is 16.8 Å². The number of rotatable bonds is 3. The van der Waals surface area contributed by atoms with Crippen LogP contribution in [-0.4, -0.2) is 37.3 Å². The molecule has 1 aliphatic heterocycles. The Morgan fingerprint density at radius 1 is 1.53 bits per heavy atom. The van der Waals surface area contributed by atoms with Crippen LogP contribution in [0.1, 0.15) is 6.42 Å². The van der Waals surface area contributed by atoms with Crippen LogP contribution in [0.3, 0.4) is 0 Å². The van der Waals surface area contributed by atoms with E-state index in [1.165, 1.54) is 17.4 Å². The summed E-state index contributed by atoms with van der Waals surface area (Å²) in [6.45, 7) is 0. The highest BCUT2D eigenvalue weighted by atomic mass is 35.5. The molecule has 1 aromatic rings. The molecule has 4 nitrogen and oxygen atoms in total. The lowest BCUT2D eigenvalue weighted by molar-refractivity contribution is 0.392. The zero-order chi connectivity index (χ0) is 14.2. The third kappa shape index (κ3) is 2.84. The first kappa shape index (κ1) is 14.9. The van der Waals surface area contributed by atoms with Crippen LogP contribution in [0.5, 0.6) is 0 Å². The average molecular weight is 325 g/mol. The van der Waals surface area contributed by atoms with Gasteiger partial charge in [0.2, 0.25) is 10.0 Å². The van der Waals surface area contributed by atoms with Gasteiger partial charge in [0.15, 0.2) is 5.82 Å². The number of anilines is 1.